The first-order valence-electron chi connectivity index (χ1n) is 9.43. The van der Waals surface area contributed by atoms with Crippen molar-refractivity contribution in [1.82, 2.24) is 0 Å². The monoisotopic (exact) mass is 518 g/mol. The van der Waals surface area contributed by atoms with Gasteiger partial charge in [-0.2, -0.15) is 0 Å². The van der Waals surface area contributed by atoms with E-state index in [1.165, 1.54) is 6.07 Å². The van der Waals surface area contributed by atoms with Gasteiger partial charge in [-0.15, -0.1) is 0 Å². The normalized spacial score (nSPS) is 24.5. The SMILES string of the molecule is [CH3][Sb]([c]1cccc(C(F)(F)P)c1)[C]1(C)CCOC(/C(N)=C/C(=N)C(C)(C)C)C1. The molecule has 0 amide bonds. The Kier molecular flexibility index (Phi) is 7.39. The van der Waals surface area contributed by atoms with Crippen LogP contribution in [0.3, 0.4) is 0 Å². The van der Waals surface area contributed by atoms with Crippen molar-refractivity contribution in [3.8, 4) is 0 Å². The van der Waals surface area contributed by atoms with Crippen LogP contribution in [0.25, 0.3) is 0 Å². The van der Waals surface area contributed by atoms with Crippen LogP contribution >= 0.6 is 9.24 Å². The van der Waals surface area contributed by atoms with Crippen LogP contribution in [-0.4, -0.2) is 38.6 Å². The van der Waals surface area contributed by atoms with E-state index in [1.807, 2.05) is 26.8 Å². The average Bonchev–Trinajstić information content (AvgIpc) is 2.59. The fraction of sp³-hybridized carbons (Fsp3) is 0.571. The van der Waals surface area contributed by atoms with Crippen molar-refractivity contribution < 1.29 is 13.5 Å². The Morgan fingerprint density at radius 1 is 1.39 bits per heavy atom. The van der Waals surface area contributed by atoms with E-state index in [9.17, 15) is 8.78 Å². The second-order valence-electron chi connectivity index (χ2n) is 8.85. The first kappa shape index (κ1) is 23.8. The molecule has 1 saturated heterocycles. The van der Waals surface area contributed by atoms with Crippen LogP contribution < -0.4 is 9.24 Å². The average molecular weight is 519 g/mol. The van der Waals surface area contributed by atoms with E-state index in [-0.39, 0.29) is 20.4 Å². The van der Waals surface area contributed by atoms with Crippen LogP contribution in [0.15, 0.2) is 36.0 Å². The zero-order chi connectivity index (χ0) is 21.3. The van der Waals surface area contributed by atoms with Crippen molar-refractivity contribution in [2.75, 3.05) is 6.61 Å². The summed E-state index contributed by atoms with van der Waals surface area (Å²) in [5, 5.41) is 8.22. The Morgan fingerprint density at radius 3 is 2.61 bits per heavy atom. The van der Waals surface area contributed by atoms with Crippen molar-refractivity contribution in [1.29, 1.82) is 5.41 Å². The molecule has 3 N–H and O–H groups in total. The van der Waals surface area contributed by atoms with Gasteiger partial charge < -0.3 is 0 Å². The van der Waals surface area contributed by atoms with E-state index in [4.69, 9.17) is 15.9 Å². The number of alkyl halides is 2. The summed E-state index contributed by atoms with van der Waals surface area (Å²) < 4.78 is 34.5. The van der Waals surface area contributed by atoms with E-state index in [0.717, 1.165) is 16.4 Å². The molecule has 7 heteroatoms. The number of rotatable bonds is 5. The number of nitrogens with one attached hydrogen (secondary N) is 1. The zero-order valence-electron chi connectivity index (χ0n) is 17.4. The summed E-state index contributed by atoms with van der Waals surface area (Å²) in [6, 6.07) is 6.90. The Labute approximate surface area is 177 Å². The van der Waals surface area contributed by atoms with E-state index in [0.29, 0.717) is 18.0 Å². The van der Waals surface area contributed by atoms with Crippen molar-refractivity contribution >= 4 is 38.7 Å². The van der Waals surface area contributed by atoms with Crippen LogP contribution in [0.1, 0.15) is 46.1 Å². The molecule has 1 aromatic carbocycles. The Morgan fingerprint density at radius 2 is 2.04 bits per heavy atom. The molecule has 3 nitrogen and oxygen atoms in total. The Hall–Kier alpha value is -0.502. The molecule has 0 radical (unpaired) electrons. The standard InChI is InChI=1S/C13H23N2O.C7H6F2P.CH3.Sb/c1-9-5-6-16-11(7-9)10(14)8-12(15)13(2,3)4;8-7(9,10)6-4-2-1-3-5-6;;/h8,11,15H,5-7,14H2,1-4H3;1-2,4-5H,10H2;1H3;/b10-8-,15-12?;;;. The van der Waals surface area contributed by atoms with Gasteiger partial charge in [-0.25, -0.2) is 0 Å². The molecule has 1 aliphatic rings. The van der Waals surface area contributed by atoms with Gasteiger partial charge in [0.25, 0.3) is 0 Å². The molecule has 1 aliphatic heterocycles. The second kappa shape index (κ2) is 8.70. The molecule has 28 heavy (non-hydrogen) atoms. The van der Waals surface area contributed by atoms with Crippen LogP contribution in [0.2, 0.25) is 8.23 Å². The van der Waals surface area contributed by atoms with Crippen molar-refractivity contribution in [2.24, 2.45) is 11.1 Å². The van der Waals surface area contributed by atoms with Crippen LogP contribution in [0.5, 0.6) is 0 Å². The first-order valence-corrected chi connectivity index (χ1v) is 15.1. The van der Waals surface area contributed by atoms with E-state index in [2.05, 4.69) is 11.8 Å². The number of nitrogens with two attached hydrogens (primary N) is 1. The van der Waals surface area contributed by atoms with Gasteiger partial charge in [0.2, 0.25) is 0 Å². The number of halogens is 2. The van der Waals surface area contributed by atoms with Crippen LogP contribution in [0.4, 0.5) is 8.78 Å². The van der Waals surface area contributed by atoms with Gasteiger partial charge in [0, 0.05) is 0 Å². The third-order valence-corrected chi connectivity index (χ3v) is 14.6. The summed E-state index contributed by atoms with van der Waals surface area (Å²) in [6.45, 7) is 8.80. The van der Waals surface area contributed by atoms with E-state index >= 15 is 0 Å². The molecule has 1 heterocycles. The van der Waals surface area contributed by atoms with Gasteiger partial charge in [-0.1, -0.05) is 0 Å². The summed E-state index contributed by atoms with van der Waals surface area (Å²) in [7, 11) is 1.63. The summed E-state index contributed by atoms with van der Waals surface area (Å²) in [5.74, 6) is 0. The molecule has 3 atom stereocenters. The molecule has 3 unspecified atom stereocenters. The summed E-state index contributed by atoms with van der Waals surface area (Å²) in [5.41, 5.74) is 4.25. The molecule has 1 fully saturated rings. The minimum atomic E-state index is -2.91. The quantitative estimate of drug-likeness (QED) is 0.334. The molecule has 2 rings (SSSR count). The van der Waals surface area contributed by atoms with Gasteiger partial charge in [-0.3, -0.25) is 0 Å². The summed E-state index contributed by atoms with van der Waals surface area (Å²) in [6.07, 6.45) is 3.19. The topological polar surface area (TPSA) is 59.1 Å². The maximum atomic E-state index is 13.7. The number of hydrogen-bond donors (Lipinski definition) is 2. The van der Waals surface area contributed by atoms with E-state index in [1.54, 1.807) is 27.4 Å². The summed E-state index contributed by atoms with van der Waals surface area (Å²) in [4.78, 5) is 2.27. The third-order valence-electron chi connectivity index (χ3n) is 5.50. The van der Waals surface area contributed by atoms with Gasteiger partial charge in [-0.05, 0) is 0 Å². The third kappa shape index (κ3) is 5.77. The Bertz CT molecular complexity index is 758. The summed E-state index contributed by atoms with van der Waals surface area (Å²) >= 11 is -2.09. The maximum absolute atomic E-state index is 13.7. The van der Waals surface area contributed by atoms with Gasteiger partial charge >= 0.3 is 177 Å². The number of allylic oxidation sites excluding steroid dienone is 1. The van der Waals surface area contributed by atoms with Gasteiger partial charge in [0.1, 0.15) is 0 Å². The molecule has 0 spiro atoms. The minimum absolute atomic E-state index is 0.0445. The van der Waals surface area contributed by atoms with Gasteiger partial charge in [0.15, 0.2) is 0 Å². The fourth-order valence-corrected chi connectivity index (χ4v) is 9.47. The first-order chi connectivity index (χ1) is 12.7. The number of ether oxygens (including phenoxy) is 1. The molecule has 0 saturated carbocycles. The van der Waals surface area contributed by atoms with Crippen molar-refractivity contribution in [3.63, 3.8) is 0 Å². The van der Waals surface area contributed by atoms with Crippen molar-refractivity contribution in [3.05, 3.63) is 41.6 Å². The predicted molar refractivity (Wildman–Crippen MR) is 118 cm³/mol. The Balaban J connectivity index is 2.24. The molecular formula is C21H32F2N2OPSb. The molecule has 0 aliphatic carbocycles. The second-order valence-corrected chi connectivity index (χ2v) is 17.3. The molecule has 0 aromatic heterocycles. The molecular weight excluding hydrogens is 487 g/mol. The van der Waals surface area contributed by atoms with Crippen LogP contribution in [0, 0.1) is 10.8 Å². The number of benzene rings is 1. The van der Waals surface area contributed by atoms with Crippen molar-refractivity contribution in [2.45, 2.75) is 60.5 Å². The molecule has 1 aromatic rings. The van der Waals surface area contributed by atoms with E-state index < -0.39 is 25.9 Å². The molecule has 156 valence electrons. The predicted octanol–water partition coefficient (Wildman–Crippen LogP) is 4.79. The van der Waals surface area contributed by atoms with Crippen LogP contribution in [-0.2, 0) is 10.4 Å². The molecule has 0 bridgehead atoms. The number of hydrogen-bond acceptors (Lipinski definition) is 3. The van der Waals surface area contributed by atoms with Gasteiger partial charge in [0.05, 0.1) is 0 Å². The fourth-order valence-electron chi connectivity index (χ4n) is 3.21. The zero-order valence-corrected chi connectivity index (χ0v) is 21.1.